The number of benzene rings is 1. The zero-order valence-electron chi connectivity index (χ0n) is 9.83. The first-order chi connectivity index (χ1) is 9.16. The minimum atomic E-state index is -4.75. The number of aliphatic hydroxyl groups is 1. The van der Waals surface area contributed by atoms with E-state index in [0.717, 1.165) is 12.1 Å². The molecule has 0 fully saturated rings. The first-order valence-electron chi connectivity index (χ1n) is 4.98. The minimum Gasteiger partial charge on any atom is -0.394 e. The Hall–Kier alpha value is -1.60. The summed E-state index contributed by atoms with van der Waals surface area (Å²) in [6, 6.07) is 2.45. The van der Waals surface area contributed by atoms with Crippen LogP contribution in [0.1, 0.15) is 0 Å². The van der Waals surface area contributed by atoms with E-state index in [0.29, 0.717) is 6.07 Å². The zero-order valence-corrected chi connectivity index (χ0v) is 11.5. The van der Waals surface area contributed by atoms with E-state index in [1.54, 1.807) is 0 Å². The fourth-order valence-corrected chi connectivity index (χ4v) is 2.40. The van der Waals surface area contributed by atoms with Crippen molar-refractivity contribution >= 4 is 25.9 Å². The lowest BCUT2D eigenvalue weighted by Crippen LogP contribution is -2.06. The van der Waals surface area contributed by atoms with Gasteiger partial charge in [0.15, 0.2) is 0 Å². The van der Waals surface area contributed by atoms with E-state index in [4.69, 9.17) is 14.2 Å². The predicted molar refractivity (Wildman–Crippen MR) is 66.5 cm³/mol. The van der Waals surface area contributed by atoms with Crippen molar-refractivity contribution in [2.45, 2.75) is 9.79 Å². The van der Waals surface area contributed by atoms with Gasteiger partial charge in [0, 0.05) is 0 Å². The summed E-state index contributed by atoms with van der Waals surface area (Å²) in [5.41, 5.74) is 1.92. The second kappa shape index (κ2) is 6.23. The Morgan fingerprint density at radius 2 is 1.75 bits per heavy atom. The van der Waals surface area contributed by atoms with Gasteiger partial charge in [0.05, 0.1) is 23.7 Å². The quantitative estimate of drug-likeness (QED) is 0.321. The second-order valence-corrected chi connectivity index (χ2v) is 6.22. The smallest absolute Gasteiger partial charge is 0.296 e. The second-order valence-electron chi connectivity index (χ2n) is 3.41. The van der Waals surface area contributed by atoms with E-state index in [2.05, 4.69) is 15.8 Å². The number of rotatable bonds is 6. The van der Waals surface area contributed by atoms with Crippen molar-refractivity contribution in [1.82, 2.24) is 0 Å². The number of nitrogens with one attached hydrogen (secondary N) is 1. The van der Waals surface area contributed by atoms with E-state index in [1.165, 1.54) is 0 Å². The van der Waals surface area contributed by atoms with Gasteiger partial charge in [0.25, 0.3) is 20.2 Å². The van der Waals surface area contributed by atoms with Crippen LogP contribution in [-0.4, -0.2) is 44.2 Å². The molecule has 0 aromatic heterocycles. The summed E-state index contributed by atoms with van der Waals surface area (Å²) in [5.74, 6) is 0. The Morgan fingerprint density at radius 3 is 2.25 bits per heavy atom. The van der Waals surface area contributed by atoms with Gasteiger partial charge in [0.2, 0.25) is 0 Å². The molecule has 0 radical (unpaired) electrons. The molecular weight excluding hydrogens is 314 g/mol. The average molecular weight is 325 g/mol. The first-order valence-corrected chi connectivity index (χ1v) is 7.86. The minimum absolute atomic E-state index is 0.0304. The van der Waals surface area contributed by atoms with Crippen molar-refractivity contribution in [1.29, 1.82) is 0 Å². The molecule has 0 spiro atoms. The summed E-state index contributed by atoms with van der Waals surface area (Å²) in [6.45, 7) is -0.296. The van der Waals surface area contributed by atoms with Gasteiger partial charge in [-0.05, 0) is 18.2 Å². The molecular formula is C8H11N3O7S2. The standard InChI is InChI=1S/C8H11N3O7S2/c12-4-3-9-11-10-7-2-1-6(19(13,14)15)5-8(7)20(16,17)18/h1-2,5,12H,3-4H2,(H,9,10)(H,13,14,15)(H,16,17,18). The van der Waals surface area contributed by atoms with E-state index in [-0.39, 0.29) is 18.8 Å². The van der Waals surface area contributed by atoms with Gasteiger partial charge >= 0.3 is 0 Å². The summed E-state index contributed by atoms with van der Waals surface area (Å²) in [7, 11) is -9.37. The summed E-state index contributed by atoms with van der Waals surface area (Å²) in [5, 5.41) is 15.2. The highest BCUT2D eigenvalue weighted by Gasteiger charge is 2.20. The molecule has 20 heavy (non-hydrogen) atoms. The van der Waals surface area contributed by atoms with Crippen molar-refractivity contribution in [3.63, 3.8) is 0 Å². The van der Waals surface area contributed by atoms with E-state index in [1.807, 2.05) is 0 Å². The monoisotopic (exact) mass is 325 g/mol. The molecule has 0 amide bonds. The lowest BCUT2D eigenvalue weighted by molar-refractivity contribution is 0.304. The molecule has 0 aliphatic carbocycles. The van der Waals surface area contributed by atoms with Gasteiger partial charge in [-0.1, -0.05) is 5.22 Å². The fraction of sp³-hybridized carbons (Fsp3) is 0.250. The summed E-state index contributed by atoms with van der Waals surface area (Å²) < 4.78 is 61.9. The lowest BCUT2D eigenvalue weighted by Gasteiger charge is -2.07. The summed E-state index contributed by atoms with van der Waals surface area (Å²) in [4.78, 5) is -1.50. The van der Waals surface area contributed by atoms with Crippen LogP contribution >= 0.6 is 0 Å². The molecule has 4 N–H and O–H groups in total. The number of nitrogens with zero attached hydrogens (tertiary/aromatic N) is 2. The molecule has 0 bridgehead atoms. The Bertz CT molecular complexity index is 712. The van der Waals surface area contributed by atoms with Crippen LogP contribution < -0.4 is 5.43 Å². The number of hydrogen-bond acceptors (Lipinski definition) is 7. The van der Waals surface area contributed by atoms with Crippen LogP contribution in [-0.2, 0) is 20.2 Å². The number of hydrogen-bond donors (Lipinski definition) is 4. The van der Waals surface area contributed by atoms with Crippen molar-refractivity contribution in [3.05, 3.63) is 18.2 Å². The van der Waals surface area contributed by atoms with Gasteiger partial charge in [0.1, 0.15) is 4.90 Å². The third kappa shape index (κ3) is 4.50. The fourth-order valence-electron chi connectivity index (χ4n) is 1.15. The van der Waals surface area contributed by atoms with Crippen LogP contribution in [0.5, 0.6) is 0 Å². The van der Waals surface area contributed by atoms with Crippen LogP contribution in [0.15, 0.2) is 38.3 Å². The molecule has 10 nitrogen and oxygen atoms in total. The third-order valence-corrected chi connectivity index (χ3v) is 3.71. The molecule has 1 aromatic rings. The molecule has 112 valence electrons. The molecule has 0 saturated carbocycles. The molecule has 1 aromatic carbocycles. The highest BCUT2D eigenvalue weighted by atomic mass is 32.2. The Labute approximate surface area is 114 Å². The molecule has 0 aliphatic rings. The van der Waals surface area contributed by atoms with Crippen molar-refractivity contribution < 1.29 is 31.0 Å². The molecule has 0 heterocycles. The van der Waals surface area contributed by atoms with Gasteiger partial charge in [-0.3, -0.25) is 14.5 Å². The zero-order chi connectivity index (χ0) is 15.4. The predicted octanol–water partition coefficient (Wildman–Crippen LogP) is -0.0486. The summed E-state index contributed by atoms with van der Waals surface area (Å²) >= 11 is 0. The largest absolute Gasteiger partial charge is 0.394 e. The van der Waals surface area contributed by atoms with E-state index < -0.39 is 30.0 Å². The molecule has 0 saturated heterocycles. The van der Waals surface area contributed by atoms with Gasteiger partial charge in [-0.2, -0.15) is 21.9 Å². The van der Waals surface area contributed by atoms with Gasteiger partial charge < -0.3 is 5.11 Å². The Balaban J connectivity index is 3.26. The highest BCUT2D eigenvalue weighted by Crippen LogP contribution is 2.24. The Kier molecular flexibility index (Phi) is 5.13. The van der Waals surface area contributed by atoms with Gasteiger partial charge in [-0.25, -0.2) is 0 Å². The van der Waals surface area contributed by atoms with Crippen LogP contribution in [0, 0.1) is 0 Å². The number of anilines is 1. The third-order valence-electron chi connectivity index (χ3n) is 1.97. The molecule has 0 atom stereocenters. The maximum atomic E-state index is 11.1. The lowest BCUT2D eigenvalue weighted by atomic mass is 10.3. The highest BCUT2D eigenvalue weighted by molar-refractivity contribution is 7.86. The SMILES string of the molecule is O=S(=O)(O)c1ccc(NN=NCCO)c(S(=O)(=O)O)c1. The van der Waals surface area contributed by atoms with Crippen LogP contribution in [0.2, 0.25) is 0 Å². The first kappa shape index (κ1) is 16.5. The van der Waals surface area contributed by atoms with E-state index >= 15 is 0 Å². The molecule has 0 aliphatic heterocycles. The normalized spacial score (nSPS) is 12.8. The maximum absolute atomic E-state index is 11.1. The topological polar surface area (TPSA) is 166 Å². The number of aliphatic hydroxyl groups excluding tert-OH is 1. The molecule has 12 heteroatoms. The van der Waals surface area contributed by atoms with Crippen LogP contribution in [0.4, 0.5) is 5.69 Å². The van der Waals surface area contributed by atoms with Crippen molar-refractivity contribution in [2.24, 2.45) is 10.3 Å². The molecule has 1 rings (SSSR count). The van der Waals surface area contributed by atoms with Crippen molar-refractivity contribution in [2.75, 3.05) is 18.6 Å². The summed E-state index contributed by atoms with van der Waals surface area (Å²) in [6.07, 6.45) is 0. The van der Waals surface area contributed by atoms with Crippen molar-refractivity contribution in [3.8, 4) is 0 Å². The van der Waals surface area contributed by atoms with E-state index in [9.17, 15) is 16.8 Å². The van der Waals surface area contributed by atoms with Gasteiger partial charge in [-0.15, -0.1) is 0 Å². The Morgan fingerprint density at radius 1 is 1.10 bits per heavy atom. The van der Waals surface area contributed by atoms with Crippen LogP contribution in [0.25, 0.3) is 0 Å². The average Bonchev–Trinajstić information content (AvgIpc) is 2.32. The maximum Gasteiger partial charge on any atom is 0.296 e. The molecule has 0 unspecified atom stereocenters. The van der Waals surface area contributed by atoms with Crippen LogP contribution in [0.3, 0.4) is 0 Å².